The van der Waals surface area contributed by atoms with Gasteiger partial charge >= 0.3 is 12.7 Å². The summed E-state index contributed by atoms with van der Waals surface area (Å²) < 4.78 is 92.6. The van der Waals surface area contributed by atoms with Crippen molar-refractivity contribution in [3.63, 3.8) is 0 Å². The van der Waals surface area contributed by atoms with Gasteiger partial charge in [-0.25, -0.2) is 34.9 Å². The van der Waals surface area contributed by atoms with E-state index < -0.39 is 12.7 Å². The second-order valence-electron chi connectivity index (χ2n) is 19.9. The zero-order valence-electron chi connectivity index (χ0n) is 45.0. The summed E-state index contributed by atoms with van der Waals surface area (Å²) in [4.78, 5) is 45.7. The van der Waals surface area contributed by atoms with Crippen LogP contribution in [-0.2, 0) is 24.0 Å². The molecule has 84 heavy (non-hydrogen) atoms. The van der Waals surface area contributed by atoms with E-state index in [4.69, 9.17) is 19.7 Å². The quantitative estimate of drug-likeness (QED) is 0.104. The van der Waals surface area contributed by atoms with Crippen LogP contribution in [0, 0.1) is 13.8 Å². The number of fused-ring (bicyclic) bond motifs is 4. The summed E-state index contributed by atoms with van der Waals surface area (Å²) in [5.74, 6) is 0.392. The smallest absolute Gasteiger partial charge is 0.406 e. The van der Waals surface area contributed by atoms with Crippen molar-refractivity contribution in [3.05, 3.63) is 192 Å². The Labute approximate surface area is 475 Å². The number of benzene rings is 4. The molecule has 0 spiro atoms. The fourth-order valence-corrected chi connectivity index (χ4v) is 10.6. The molecule has 0 amide bonds. The van der Waals surface area contributed by atoms with E-state index in [-0.39, 0.29) is 17.7 Å². The minimum absolute atomic E-state index is 0.103. The molecule has 22 heteroatoms. The molecular formula is C62H49F6N13O3. The average Bonchev–Trinajstić information content (AvgIpc) is 4.36. The summed E-state index contributed by atoms with van der Waals surface area (Å²) in [7, 11) is 0. The molecule has 13 rings (SSSR count). The lowest BCUT2D eigenvalue weighted by Gasteiger charge is -2.23. The minimum atomic E-state index is -4.78. The Hall–Kier alpha value is -9.96. The lowest BCUT2D eigenvalue weighted by Crippen LogP contribution is -2.17. The summed E-state index contributed by atoms with van der Waals surface area (Å²) >= 11 is 0. The van der Waals surface area contributed by atoms with E-state index in [2.05, 4.69) is 55.0 Å². The predicted molar refractivity (Wildman–Crippen MR) is 306 cm³/mol. The molecule has 1 unspecified atom stereocenters. The molecule has 4 aromatic carbocycles. The molecular weight excluding hydrogens is 1090 g/mol. The first kappa shape index (κ1) is 54.6. The lowest BCUT2D eigenvalue weighted by atomic mass is 9.94. The number of nitrogens with zero attached hydrogens (tertiary/aromatic N) is 11. The van der Waals surface area contributed by atoms with Crippen molar-refractivity contribution < 1.29 is 40.6 Å². The second kappa shape index (κ2) is 23.1. The highest BCUT2D eigenvalue weighted by Crippen LogP contribution is 2.39. The molecule has 0 aliphatic carbocycles. The molecule has 0 saturated carbocycles. The van der Waals surface area contributed by atoms with Crippen LogP contribution in [0.5, 0.6) is 11.5 Å². The number of aliphatic imine (C=N–C) groups is 1. The number of rotatable bonds is 13. The number of halogens is 6. The third kappa shape index (κ3) is 11.9. The number of hydrogen-bond donors (Lipinski definition) is 2. The molecule has 2 aliphatic heterocycles. The van der Waals surface area contributed by atoms with E-state index in [1.807, 2.05) is 85.3 Å². The minimum Gasteiger partial charge on any atom is -0.406 e. The van der Waals surface area contributed by atoms with Gasteiger partial charge in [-0.3, -0.25) is 19.5 Å². The molecule has 7 aromatic heterocycles. The zero-order valence-corrected chi connectivity index (χ0v) is 45.0. The van der Waals surface area contributed by atoms with E-state index in [1.165, 1.54) is 36.4 Å². The number of pyridine rings is 4. The third-order valence-electron chi connectivity index (χ3n) is 14.5. The van der Waals surface area contributed by atoms with E-state index in [0.29, 0.717) is 60.1 Å². The normalized spacial score (nSPS) is 14.1. The predicted octanol–water partition coefficient (Wildman–Crippen LogP) is 14.6. The van der Waals surface area contributed by atoms with Crippen LogP contribution in [0.15, 0.2) is 158 Å². The summed E-state index contributed by atoms with van der Waals surface area (Å²) in [6.07, 6.45) is 8.67. The molecule has 0 bridgehead atoms. The van der Waals surface area contributed by atoms with Crippen molar-refractivity contribution in [1.29, 1.82) is 0 Å². The SMILES string of the molecule is Cc1ccc2c(Nc3cccc(OC(F)(F)F)c3)nccc2c1Cc1ncccc1-c1ncnc2c1N=CC2.Cc1ccc2c(Nc3cccc(OC(F)(F)F)c3)nccc2c1Cc1ncccc1-c1ncnc2c1ncn2C1CCCCO1. The van der Waals surface area contributed by atoms with Gasteiger partial charge in [-0.1, -0.05) is 36.4 Å². The van der Waals surface area contributed by atoms with Crippen molar-refractivity contribution in [2.24, 2.45) is 4.99 Å². The van der Waals surface area contributed by atoms with Crippen LogP contribution >= 0.6 is 0 Å². The monoisotopic (exact) mass is 1140 g/mol. The maximum absolute atomic E-state index is 12.8. The van der Waals surface area contributed by atoms with Crippen molar-refractivity contribution in [2.75, 3.05) is 17.2 Å². The highest BCUT2D eigenvalue weighted by atomic mass is 19.4. The van der Waals surface area contributed by atoms with Gasteiger partial charge in [0.05, 0.1) is 23.4 Å². The average molecular weight is 1140 g/mol. The fourth-order valence-electron chi connectivity index (χ4n) is 10.6. The van der Waals surface area contributed by atoms with E-state index in [1.54, 1.807) is 55.9 Å². The standard InChI is InChI=1S/C33H28F3N7O2.C29H21F3N6O/c1-20-10-11-24-23(12-14-38-31(24)42-21-6-4-7-22(16-21)45-33(34,35)36)26(20)17-27-25(8-5-13-37-27)29-30-32(40-18-39-29)43(19-41-30)28-9-2-3-15-44-28;1-17-7-8-21-20(9-12-35-28(21)38-18-4-2-5-19(14-18)39-29(30,31)32)23(17)15-25-22(6-3-11-33-25)26-27-24(10-13-34-27)36-16-37-26/h4-8,10-14,16,18-19,28H,2-3,9,15,17H2,1H3,(H,38,42);2-9,11-14,16H,10,15H2,1H3,(H,35,38). The molecule has 2 aliphatic rings. The number of hydrogen-bond acceptors (Lipinski definition) is 15. The summed E-state index contributed by atoms with van der Waals surface area (Å²) in [5, 5.41) is 9.84. The first-order valence-electron chi connectivity index (χ1n) is 26.7. The van der Waals surface area contributed by atoms with Gasteiger partial charge in [0.1, 0.15) is 64.6 Å². The number of anilines is 4. The van der Waals surface area contributed by atoms with Gasteiger partial charge < -0.3 is 24.8 Å². The molecule has 1 saturated heterocycles. The molecule has 11 aromatic rings. The van der Waals surface area contributed by atoms with Gasteiger partial charge in [0, 0.05) is 102 Å². The van der Waals surface area contributed by atoms with Gasteiger partial charge in [-0.15, -0.1) is 26.3 Å². The maximum atomic E-state index is 12.8. The number of aryl methyl sites for hydroxylation is 2. The maximum Gasteiger partial charge on any atom is 0.573 e. The van der Waals surface area contributed by atoms with Crippen LogP contribution in [0.2, 0.25) is 0 Å². The second-order valence-corrected chi connectivity index (χ2v) is 19.9. The number of nitrogens with one attached hydrogen (secondary N) is 2. The van der Waals surface area contributed by atoms with Gasteiger partial charge in [0.2, 0.25) is 0 Å². The Morgan fingerprint density at radius 1 is 0.571 bits per heavy atom. The fraction of sp³-hybridized carbons (Fsp3) is 0.194. The van der Waals surface area contributed by atoms with Crippen molar-refractivity contribution in [1.82, 2.24) is 49.4 Å². The first-order chi connectivity index (χ1) is 40.7. The Kier molecular flexibility index (Phi) is 15.0. The summed E-state index contributed by atoms with van der Waals surface area (Å²) in [6, 6.07) is 30.9. The topological polar surface area (TPSA) is 185 Å². The first-order valence-corrected chi connectivity index (χ1v) is 26.7. The van der Waals surface area contributed by atoms with E-state index in [0.717, 1.165) is 108 Å². The Bertz CT molecular complexity index is 4280. The van der Waals surface area contributed by atoms with Gasteiger partial charge in [-0.05, 0) is 127 Å². The molecule has 9 heterocycles. The van der Waals surface area contributed by atoms with Gasteiger partial charge in [0.25, 0.3) is 0 Å². The Balaban J connectivity index is 0.000000167. The zero-order chi connectivity index (χ0) is 58.0. The van der Waals surface area contributed by atoms with Crippen LogP contribution in [0.3, 0.4) is 0 Å². The number of alkyl halides is 6. The van der Waals surface area contributed by atoms with Crippen LogP contribution in [0.1, 0.15) is 64.8 Å². The van der Waals surface area contributed by atoms with Gasteiger partial charge in [0.15, 0.2) is 5.65 Å². The van der Waals surface area contributed by atoms with Crippen molar-refractivity contribution in [3.8, 4) is 34.0 Å². The van der Waals surface area contributed by atoms with Crippen molar-refractivity contribution in [2.45, 2.75) is 71.3 Å². The van der Waals surface area contributed by atoms with Crippen LogP contribution < -0.4 is 20.1 Å². The van der Waals surface area contributed by atoms with Crippen LogP contribution in [-0.4, -0.2) is 75.0 Å². The Morgan fingerprint density at radius 3 is 1.71 bits per heavy atom. The largest absolute Gasteiger partial charge is 0.573 e. The molecule has 1 atom stereocenters. The highest BCUT2D eigenvalue weighted by Gasteiger charge is 2.32. The van der Waals surface area contributed by atoms with E-state index in [9.17, 15) is 26.3 Å². The molecule has 1 fully saturated rings. The molecule has 422 valence electrons. The van der Waals surface area contributed by atoms with Gasteiger partial charge in [-0.2, -0.15) is 0 Å². The molecule has 16 nitrogen and oxygen atoms in total. The van der Waals surface area contributed by atoms with E-state index >= 15 is 0 Å². The summed E-state index contributed by atoms with van der Waals surface area (Å²) in [6.45, 7) is 4.79. The summed E-state index contributed by atoms with van der Waals surface area (Å²) in [5.41, 5.74) is 13.0. The van der Waals surface area contributed by atoms with Crippen LogP contribution in [0.4, 0.5) is 55.0 Å². The number of imidazole rings is 1. The lowest BCUT2D eigenvalue weighted by molar-refractivity contribution is -0.275. The third-order valence-corrected chi connectivity index (χ3v) is 14.5. The number of ether oxygens (including phenoxy) is 3. The Morgan fingerprint density at radius 2 is 1.14 bits per heavy atom. The molecule has 2 N–H and O–H groups in total. The number of aromatic nitrogens is 10. The van der Waals surface area contributed by atoms with Crippen LogP contribution in [0.25, 0.3) is 55.2 Å². The molecule has 0 radical (unpaired) electrons. The van der Waals surface area contributed by atoms with Crippen molar-refractivity contribution >= 4 is 67.6 Å². The highest BCUT2D eigenvalue weighted by molar-refractivity contribution is 5.98.